The second-order valence-electron chi connectivity index (χ2n) is 8.13. The van der Waals surface area contributed by atoms with E-state index < -0.39 is 11.9 Å². The summed E-state index contributed by atoms with van der Waals surface area (Å²) in [5.74, 6) is 1.47. The molecular weight excluding hydrogens is 463 g/mol. The molecule has 9 heteroatoms. The standard InChI is InChI=1S/C27H23FN4O4/c1-16-23(26-30-25(31-36-26)17-10-12-21(34-2)13-11-17)24(18-6-4-7-19(28)14-18)29-27(33)32(16)20-8-5-9-22(15-20)35-3/h4-15,24H,1-3H3,(H,29,33). The van der Waals surface area contributed by atoms with Gasteiger partial charge in [0.15, 0.2) is 0 Å². The van der Waals surface area contributed by atoms with Crippen molar-refractivity contribution in [2.24, 2.45) is 0 Å². The molecule has 1 unspecified atom stereocenters. The summed E-state index contributed by atoms with van der Waals surface area (Å²) in [6.07, 6.45) is 0. The van der Waals surface area contributed by atoms with Gasteiger partial charge in [-0.15, -0.1) is 0 Å². The first-order valence-electron chi connectivity index (χ1n) is 11.2. The Morgan fingerprint density at radius 3 is 2.44 bits per heavy atom. The van der Waals surface area contributed by atoms with Crippen molar-refractivity contribution >= 4 is 17.3 Å². The van der Waals surface area contributed by atoms with E-state index in [1.807, 2.05) is 12.1 Å². The Morgan fingerprint density at radius 2 is 1.72 bits per heavy atom. The van der Waals surface area contributed by atoms with Gasteiger partial charge in [0.1, 0.15) is 17.3 Å². The second-order valence-corrected chi connectivity index (χ2v) is 8.13. The summed E-state index contributed by atoms with van der Waals surface area (Å²) >= 11 is 0. The van der Waals surface area contributed by atoms with Gasteiger partial charge in [0.2, 0.25) is 5.82 Å². The molecule has 2 amide bonds. The van der Waals surface area contributed by atoms with Crippen LogP contribution in [0.3, 0.4) is 0 Å². The Bertz CT molecular complexity index is 1450. The predicted octanol–water partition coefficient (Wildman–Crippen LogP) is 5.60. The highest BCUT2D eigenvalue weighted by Gasteiger charge is 2.36. The van der Waals surface area contributed by atoms with Crippen LogP contribution in [-0.4, -0.2) is 30.4 Å². The number of aromatic nitrogens is 2. The fourth-order valence-corrected chi connectivity index (χ4v) is 4.21. The van der Waals surface area contributed by atoms with E-state index in [0.29, 0.717) is 39.8 Å². The molecule has 0 fully saturated rings. The Balaban J connectivity index is 1.64. The minimum absolute atomic E-state index is 0.209. The van der Waals surface area contributed by atoms with Crippen molar-refractivity contribution in [3.05, 3.63) is 95.8 Å². The third-order valence-electron chi connectivity index (χ3n) is 5.98. The lowest BCUT2D eigenvalue weighted by molar-refractivity contribution is 0.244. The fourth-order valence-electron chi connectivity index (χ4n) is 4.21. The highest BCUT2D eigenvalue weighted by atomic mass is 19.1. The number of hydrogen-bond donors (Lipinski definition) is 1. The van der Waals surface area contributed by atoms with Gasteiger partial charge in [-0.25, -0.2) is 9.18 Å². The number of halogens is 1. The van der Waals surface area contributed by atoms with Gasteiger partial charge >= 0.3 is 6.03 Å². The molecule has 1 aliphatic rings. The average molecular weight is 487 g/mol. The molecule has 2 heterocycles. The maximum Gasteiger partial charge on any atom is 0.327 e. The van der Waals surface area contributed by atoms with Crippen LogP contribution in [0.15, 0.2) is 83.0 Å². The normalized spacial score (nSPS) is 15.6. The zero-order chi connectivity index (χ0) is 25.2. The van der Waals surface area contributed by atoms with Crippen LogP contribution in [0.5, 0.6) is 11.5 Å². The minimum Gasteiger partial charge on any atom is -0.497 e. The maximum absolute atomic E-state index is 14.1. The van der Waals surface area contributed by atoms with Crippen molar-refractivity contribution in [3.63, 3.8) is 0 Å². The lowest BCUT2D eigenvalue weighted by Crippen LogP contribution is -2.46. The molecule has 8 nitrogen and oxygen atoms in total. The molecule has 1 aliphatic heterocycles. The number of hydrogen-bond acceptors (Lipinski definition) is 6. The number of anilines is 1. The highest BCUT2D eigenvalue weighted by Crippen LogP contribution is 2.39. The summed E-state index contributed by atoms with van der Waals surface area (Å²) in [7, 11) is 3.15. The van der Waals surface area contributed by atoms with Crippen LogP contribution in [0.1, 0.15) is 24.4 Å². The van der Waals surface area contributed by atoms with Crippen molar-refractivity contribution in [1.29, 1.82) is 0 Å². The molecule has 1 N–H and O–H groups in total. The quantitative estimate of drug-likeness (QED) is 0.382. The van der Waals surface area contributed by atoms with E-state index in [1.165, 1.54) is 17.0 Å². The van der Waals surface area contributed by atoms with Crippen molar-refractivity contribution < 1.29 is 23.2 Å². The third kappa shape index (κ3) is 4.26. The lowest BCUT2D eigenvalue weighted by atomic mass is 9.94. The van der Waals surface area contributed by atoms with Crippen LogP contribution in [0.4, 0.5) is 14.9 Å². The van der Waals surface area contributed by atoms with Gasteiger partial charge in [0, 0.05) is 17.3 Å². The van der Waals surface area contributed by atoms with Gasteiger partial charge < -0.3 is 19.3 Å². The van der Waals surface area contributed by atoms with Gasteiger partial charge in [-0.05, 0) is 61.0 Å². The van der Waals surface area contributed by atoms with Gasteiger partial charge in [0.25, 0.3) is 5.89 Å². The molecule has 0 saturated carbocycles. The number of allylic oxidation sites excluding steroid dienone is 1. The van der Waals surface area contributed by atoms with Gasteiger partial charge in [-0.3, -0.25) is 4.90 Å². The number of nitrogens with zero attached hydrogens (tertiary/aromatic N) is 3. The second kappa shape index (κ2) is 9.53. The number of benzene rings is 3. The van der Waals surface area contributed by atoms with E-state index >= 15 is 0 Å². The van der Waals surface area contributed by atoms with E-state index in [2.05, 4.69) is 15.5 Å². The molecule has 5 rings (SSSR count). The summed E-state index contributed by atoms with van der Waals surface area (Å²) < 4.78 is 30.4. The Labute approximate surface area is 207 Å². The molecule has 0 saturated heterocycles. The van der Waals surface area contributed by atoms with Crippen LogP contribution >= 0.6 is 0 Å². The summed E-state index contributed by atoms with van der Waals surface area (Å²) in [5, 5.41) is 7.12. The van der Waals surface area contributed by atoms with Crippen LogP contribution in [0.25, 0.3) is 17.0 Å². The Morgan fingerprint density at radius 1 is 0.972 bits per heavy atom. The molecule has 36 heavy (non-hydrogen) atoms. The molecule has 3 aromatic carbocycles. The van der Waals surface area contributed by atoms with Crippen LogP contribution in [0, 0.1) is 5.82 Å². The summed E-state index contributed by atoms with van der Waals surface area (Å²) in [6, 6.07) is 19.3. The van der Waals surface area contributed by atoms with E-state index in [0.717, 1.165) is 5.56 Å². The molecule has 0 radical (unpaired) electrons. The van der Waals surface area contributed by atoms with Crippen LogP contribution in [-0.2, 0) is 0 Å². The molecular formula is C27H23FN4O4. The predicted molar refractivity (Wildman–Crippen MR) is 132 cm³/mol. The number of ether oxygens (including phenoxy) is 2. The first kappa shape index (κ1) is 23.1. The van der Waals surface area contributed by atoms with Crippen molar-refractivity contribution in [1.82, 2.24) is 15.5 Å². The summed E-state index contributed by atoms with van der Waals surface area (Å²) in [4.78, 5) is 19.4. The topological polar surface area (TPSA) is 89.7 Å². The number of carbonyl (C=O) groups is 1. The number of rotatable bonds is 6. The van der Waals surface area contributed by atoms with Gasteiger partial charge in [-0.1, -0.05) is 23.4 Å². The zero-order valence-electron chi connectivity index (χ0n) is 19.9. The largest absolute Gasteiger partial charge is 0.497 e. The number of nitrogens with one attached hydrogen (secondary N) is 1. The SMILES string of the molecule is COc1ccc(-c2noc(C3=C(C)N(c4cccc(OC)c4)C(=O)NC3c3cccc(F)c3)n2)cc1. The van der Waals surface area contributed by atoms with E-state index in [9.17, 15) is 9.18 Å². The summed E-state index contributed by atoms with van der Waals surface area (Å²) in [5.41, 5.74) is 2.99. The van der Waals surface area contributed by atoms with Crippen molar-refractivity contribution in [2.75, 3.05) is 19.1 Å². The minimum atomic E-state index is -0.709. The average Bonchev–Trinajstić information content (AvgIpc) is 3.38. The third-order valence-corrected chi connectivity index (χ3v) is 5.98. The van der Waals surface area contributed by atoms with E-state index in [1.54, 1.807) is 69.7 Å². The lowest BCUT2D eigenvalue weighted by Gasteiger charge is -2.35. The zero-order valence-corrected chi connectivity index (χ0v) is 19.9. The molecule has 1 aromatic heterocycles. The molecule has 1 atom stereocenters. The molecule has 0 spiro atoms. The Hall–Kier alpha value is -4.66. The maximum atomic E-state index is 14.1. The first-order valence-corrected chi connectivity index (χ1v) is 11.2. The fraction of sp³-hybridized carbons (Fsp3) is 0.148. The smallest absolute Gasteiger partial charge is 0.327 e. The number of urea groups is 1. The monoisotopic (exact) mass is 486 g/mol. The van der Waals surface area contributed by atoms with E-state index in [-0.39, 0.29) is 11.9 Å². The van der Waals surface area contributed by atoms with Crippen molar-refractivity contribution in [2.45, 2.75) is 13.0 Å². The van der Waals surface area contributed by atoms with Crippen LogP contribution < -0.4 is 19.7 Å². The molecule has 4 aromatic rings. The number of methoxy groups -OCH3 is 2. The van der Waals surface area contributed by atoms with Gasteiger partial charge in [-0.2, -0.15) is 4.98 Å². The number of carbonyl (C=O) groups excluding carboxylic acids is 1. The van der Waals surface area contributed by atoms with Crippen LogP contribution in [0.2, 0.25) is 0 Å². The summed E-state index contributed by atoms with van der Waals surface area (Å²) in [6.45, 7) is 1.79. The molecule has 0 aliphatic carbocycles. The van der Waals surface area contributed by atoms with Crippen molar-refractivity contribution in [3.8, 4) is 22.9 Å². The highest BCUT2D eigenvalue weighted by molar-refractivity contribution is 6.01. The number of amides is 2. The first-order chi connectivity index (χ1) is 17.5. The molecule has 182 valence electrons. The molecule has 0 bridgehead atoms. The van der Waals surface area contributed by atoms with Gasteiger partial charge in [0.05, 0.1) is 31.5 Å². The van der Waals surface area contributed by atoms with E-state index in [4.69, 9.17) is 14.0 Å². The Kier molecular flexibility index (Phi) is 6.12.